The number of hydrogen-bond acceptors (Lipinski definition) is 4. The van der Waals surface area contributed by atoms with Crippen LogP contribution >= 0.6 is 11.6 Å². The second-order valence-electron chi connectivity index (χ2n) is 6.06. The highest BCUT2D eigenvalue weighted by Gasteiger charge is 2.16. The molecule has 0 saturated carbocycles. The first-order chi connectivity index (χ1) is 13.6. The molecule has 5 nitrogen and oxygen atoms in total. The SMILES string of the molecule is COC(=O)c1ccc(CCNC(=O)c2c(Cl)cccc2-c2ccccc2)nc1. The molecule has 0 aliphatic rings. The monoisotopic (exact) mass is 394 g/mol. The Kier molecular flexibility index (Phi) is 6.40. The molecule has 0 unspecified atom stereocenters. The third-order valence-corrected chi connectivity index (χ3v) is 4.55. The summed E-state index contributed by atoms with van der Waals surface area (Å²) in [5.41, 5.74) is 3.31. The van der Waals surface area contributed by atoms with Crippen LogP contribution in [0.4, 0.5) is 0 Å². The number of hydrogen-bond donors (Lipinski definition) is 1. The molecule has 142 valence electrons. The second kappa shape index (κ2) is 9.15. The number of nitrogens with zero attached hydrogens (tertiary/aromatic N) is 1. The molecule has 0 fully saturated rings. The third-order valence-electron chi connectivity index (χ3n) is 4.24. The van der Waals surface area contributed by atoms with Crippen LogP contribution in [0.3, 0.4) is 0 Å². The summed E-state index contributed by atoms with van der Waals surface area (Å²) in [5.74, 6) is -0.671. The predicted molar refractivity (Wildman–Crippen MR) is 109 cm³/mol. The van der Waals surface area contributed by atoms with Crippen LogP contribution in [0.15, 0.2) is 66.9 Å². The quantitative estimate of drug-likeness (QED) is 0.637. The second-order valence-corrected chi connectivity index (χ2v) is 6.47. The Morgan fingerprint density at radius 2 is 1.82 bits per heavy atom. The molecule has 0 spiro atoms. The lowest BCUT2D eigenvalue weighted by molar-refractivity contribution is 0.0600. The summed E-state index contributed by atoms with van der Waals surface area (Å²) in [7, 11) is 1.32. The van der Waals surface area contributed by atoms with Crippen LogP contribution in [0, 0.1) is 0 Å². The van der Waals surface area contributed by atoms with E-state index in [0.29, 0.717) is 29.1 Å². The van der Waals surface area contributed by atoms with E-state index in [1.165, 1.54) is 13.3 Å². The van der Waals surface area contributed by atoms with Crippen molar-refractivity contribution in [3.8, 4) is 11.1 Å². The fourth-order valence-electron chi connectivity index (χ4n) is 2.82. The smallest absolute Gasteiger partial charge is 0.339 e. The molecule has 2 aromatic carbocycles. The number of carbonyl (C=O) groups is 2. The maximum absolute atomic E-state index is 12.8. The van der Waals surface area contributed by atoms with Crippen molar-refractivity contribution >= 4 is 23.5 Å². The zero-order valence-electron chi connectivity index (χ0n) is 15.3. The number of ether oxygens (including phenoxy) is 1. The van der Waals surface area contributed by atoms with E-state index >= 15 is 0 Å². The predicted octanol–water partition coefficient (Wildman–Crippen LogP) is 4.16. The van der Waals surface area contributed by atoms with Gasteiger partial charge in [-0.25, -0.2) is 4.79 Å². The molecule has 28 heavy (non-hydrogen) atoms. The zero-order valence-corrected chi connectivity index (χ0v) is 16.1. The molecule has 1 heterocycles. The Balaban J connectivity index is 1.68. The van der Waals surface area contributed by atoms with Crippen LogP contribution in [0.25, 0.3) is 11.1 Å². The number of nitrogens with one attached hydrogen (secondary N) is 1. The largest absolute Gasteiger partial charge is 0.465 e. The Bertz CT molecular complexity index is 973. The van der Waals surface area contributed by atoms with Crippen LogP contribution in [-0.2, 0) is 11.2 Å². The summed E-state index contributed by atoms with van der Waals surface area (Å²) < 4.78 is 4.65. The van der Waals surface area contributed by atoms with Crippen LogP contribution in [-0.4, -0.2) is 30.5 Å². The Morgan fingerprint density at radius 1 is 1.04 bits per heavy atom. The summed E-state index contributed by atoms with van der Waals surface area (Å²) in [5, 5.41) is 3.29. The average Bonchev–Trinajstić information content (AvgIpc) is 2.74. The molecular weight excluding hydrogens is 376 g/mol. The van der Waals surface area contributed by atoms with Gasteiger partial charge < -0.3 is 10.1 Å². The Morgan fingerprint density at radius 3 is 2.50 bits per heavy atom. The molecule has 0 saturated heterocycles. The number of pyridine rings is 1. The zero-order chi connectivity index (χ0) is 19.9. The number of amides is 1. The van der Waals surface area contributed by atoms with Gasteiger partial charge >= 0.3 is 5.97 Å². The van der Waals surface area contributed by atoms with Gasteiger partial charge in [0.05, 0.1) is 23.3 Å². The van der Waals surface area contributed by atoms with Crippen molar-refractivity contribution in [2.45, 2.75) is 6.42 Å². The van der Waals surface area contributed by atoms with E-state index in [-0.39, 0.29) is 5.91 Å². The first kappa shape index (κ1) is 19.6. The van der Waals surface area contributed by atoms with Crippen molar-refractivity contribution in [2.75, 3.05) is 13.7 Å². The van der Waals surface area contributed by atoms with Crippen molar-refractivity contribution in [1.29, 1.82) is 0 Å². The standard InChI is InChI=1S/C22H19ClN2O3/c1-28-22(27)16-10-11-17(25-14-16)12-13-24-21(26)20-18(8-5-9-19(20)23)15-6-3-2-4-7-15/h2-11,14H,12-13H2,1H3,(H,24,26). The third kappa shape index (κ3) is 4.56. The van der Waals surface area contributed by atoms with Crippen molar-refractivity contribution in [3.63, 3.8) is 0 Å². The lowest BCUT2D eigenvalue weighted by Gasteiger charge is -2.12. The molecule has 0 aliphatic heterocycles. The summed E-state index contributed by atoms with van der Waals surface area (Å²) in [6.45, 7) is 0.392. The maximum Gasteiger partial charge on any atom is 0.339 e. The highest BCUT2D eigenvalue weighted by molar-refractivity contribution is 6.34. The number of aromatic nitrogens is 1. The van der Waals surface area contributed by atoms with E-state index in [9.17, 15) is 9.59 Å². The minimum atomic E-state index is -0.431. The van der Waals surface area contributed by atoms with Crippen molar-refractivity contribution < 1.29 is 14.3 Å². The molecular formula is C22H19ClN2O3. The molecule has 1 N–H and O–H groups in total. The molecule has 1 amide bonds. The van der Waals surface area contributed by atoms with Crippen molar-refractivity contribution in [2.24, 2.45) is 0 Å². The lowest BCUT2D eigenvalue weighted by atomic mass is 9.99. The van der Waals surface area contributed by atoms with Gasteiger partial charge in [0.15, 0.2) is 0 Å². The topological polar surface area (TPSA) is 68.3 Å². The van der Waals surface area contributed by atoms with Gasteiger partial charge in [-0.2, -0.15) is 0 Å². The molecule has 1 aromatic heterocycles. The first-order valence-electron chi connectivity index (χ1n) is 8.75. The van der Waals surface area contributed by atoms with E-state index in [4.69, 9.17) is 11.6 Å². The van der Waals surface area contributed by atoms with Gasteiger partial charge in [-0.1, -0.05) is 54.1 Å². The fraction of sp³-hybridized carbons (Fsp3) is 0.136. The number of esters is 1. The molecule has 0 aliphatic carbocycles. The minimum absolute atomic E-state index is 0.240. The van der Waals surface area contributed by atoms with Gasteiger partial charge in [-0.05, 0) is 29.3 Å². The number of methoxy groups -OCH3 is 1. The molecule has 3 rings (SSSR count). The number of carbonyl (C=O) groups excluding carboxylic acids is 2. The molecule has 0 radical (unpaired) electrons. The summed E-state index contributed by atoms with van der Waals surface area (Å²) in [6, 6.07) is 18.4. The summed E-state index contributed by atoms with van der Waals surface area (Å²) >= 11 is 6.31. The normalized spacial score (nSPS) is 10.4. The maximum atomic E-state index is 12.8. The summed E-state index contributed by atoms with van der Waals surface area (Å²) in [4.78, 5) is 28.4. The van der Waals surface area contributed by atoms with E-state index in [1.54, 1.807) is 18.2 Å². The van der Waals surface area contributed by atoms with E-state index in [1.807, 2.05) is 42.5 Å². The van der Waals surface area contributed by atoms with E-state index in [2.05, 4.69) is 15.0 Å². The van der Waals surface area contributed by atoms with Gasteiger partial charge in [0.25, 0.3) is 5.91 Å². The van der Waals surface area contributed by atoms with Gasteiger partial charge in [-0.3, -0.25) is 9.78 Å². The van der Waals surface area contributed by atoms with Crippen LogP contribution in [0.5, 0.6) is 0 Å². The van der Waals surface area contributed by atoms with Gasteiger partial charge in [0.2, 0.25) is 0 Å². The lowest BCUT2D eigenvalue weighted by Crippen LogP contribution is -2.26. The Labute approximate surface area is 168 Å². The van der Waals surface area contributed by atoms with E-state index in [0.717, 1.165) is 16.8 Å². The number of halogens is 1. The number of benzene rings is 2. The first-order valence-corrected chi connectivity index (χ1v) is 9.13. The van der Waals surface area contributed by atoms with Crippen LogP contribution in [0.1, 0.15) is 26.4 Å². The van der Waals surface area contributed by atoms with Crippen molar-refractivity contribution in [1.82, 2.24) is 10.3 Å². The summed E-state index contributed by atoms with van der Waals surface area (Å²) in [6.07, 6.45) is 1.99. The highest BCUT2D eigenvalue weighted by Crippen LogP contribution is 2.29. The van der Waals surface area contributed by atoms with Gasteiger partial charge in [0, 0.05) is 24.9 Å². The average molecular weight is 395 g/mol. The minimum Gasteiger partial charge on any atom is -0.465 e. The van der Waals surface area contributed by atoms with Gasteiger partial charge in [-0.15, -0.1) is 0 Å². The molecule has 0 atom stereocenters. The Hall–Kier alpha value is -3.18. The molecule has 0 bridgehead atoms. The van der Waals surface area contributed by atoms with Crippen molar-refractivity contribution in [3.05, 3.63) is 88.7 Å². The van der Waals surface area contributed by atoms with Gasteiger partial charge in [0.1, 0.15) is 0 Å². The highest BCUT2D eigenvalue weighted by atomic mass is 35.5. The van der Waals surface area contributed by atoms with Crippen LogP contribution < -0.4 is 5.32 Å². The fourth-order valence-corrected chi connectivity index (χ4v) is 3.08. The van der Waals surface area contributed by atoms with E-state index < -0.39 is 5.97 Å². The molecule has 3 aromatic rings. The number of rotatable bonds is 6. The molecule has 6 heteroatoms. The van der Waals surface area contributed by atoms with Crippen LogP contribution in [0.2, 0.25) is 5.02 Å².